The molecule has 7 atom stereocenters. The molecule has 9 heteroatoms. The Bertz CT molecular complexity index is 971. The van der Waals surface area contributed by atoms with E-state index in [1.165, 1.54) is 12.1 Å². The average molecular weight is 401 g/mol. The molecule has 152 valence electrons. The van der Waals surface area contributed by atoms with Crippen LogP contribution in [-0.2, 0) is 30.4 Å². The number of carbonyl (C=O) groups excluding carboxylic acids is 5. The highest BCUT2D eigenvalue weighted by Crippen LogP contribution is 2.53. The molecule has 1 amide bonds. The van der Waals surface area contributed by atoms with E-state index >= 15 is 0 Å². The average Bonchev–Trinajstić information content (AvgIpc) is 2.67. The smallest absolute Gasteiger partial charge is 0.235 e. The Labute approximate surface area is 164 Å². The van der Waals surface area contributed by atoms with Crippen molar-refractivity contribution in [1.29, 1.82) is 0 Å². The zero-order valence-corrected chi connectivity index (χ0v) is 15.1. The van der Waals surface area contributed by atoms with Crippen LogP contribution in [0.4, 0.5) is 0 Å². The lowest BCUT2D eigenvalue weighted by Crippen LogP contribution is -2.71. The summed E-state index contributed by atoms with van der Waals surface area (Å²) in [6.07, 6.45) is -1.68. The van der Waals surface area contributed by atoms with Gasteiger partial charge in [0.05, 0.1) is 6.10 Å². The highest BCUT2D eigenvalue weighted by atomic mass is 16.3. The Balaban J connectivity index is 1.87. The summed E-state index contributed by atoms with van der Waals surface area (Å²) in [5.41, 5.74) is 3.13. The second kappa shape index (κ2) is 6.30. The Morgan fingerprint density at radius 2 is 1.86 bits per heavy atom. The van der Waals surface area contributed by atoms with Gasteiger partial charge >= 0.3 is 0 Å². The number of carbonyl (C=O) groups is 5. The minimum Gasteiger partial charge on any atom is -0.508 e. The van der Waals surface area contributed by atoms with Gasteiger partial charge in [-0.05, 0) is 23.6 Å². The van der Waals surface area contributed by atoms with Crippen molar-refractivity contribution >= 4 is 29.5 Å². The molecule has 0 bridgehead atoms. The number of phenolic OH excluding ortho intramolecular Hbond substituents is 1. The largest absolute Gasteiger partial charge is 0.508 e. The van der Waals surface area contributed by atoms with E-state index in [0.717, 1.165) is 0 Å². The minimum absolute atomic E-state index is 0.107. The predicted molar refractivity (Wildman–Crippen MR) is 94.4 cm³/mol. The number of ketones is 3. The summed E-state index contributed by atoms with van der Waals surface area (Å²) < 4.78 is 0. The zero-order chi connectivity index (χ0) is 21.2. The molecule has 0 spiro atoms. The molecule has 0 saturated heterocycles. The first-order valence-electron chi connectivity index (χ1n) is 9.21. The van der Waals surface area contributed by atoms with Gasteiger partial charge in [-0.1, -0.05) is 12.1 Å². The molecule has 3 aliphatic rings. The predicted octanol–water partition coefficient (Wildman–Crippen LogP) is -1.60. The number of nitrogens with two attached hydrogens (primary N) is 1. The highest BCUT2D eigenvalue weighted by molar-refractivity contribution is 6.28. The Hall–Kier alpha value is -2.91. The summed E-state index contributed by atoms with van der Waals surface area (Å²) in [5.74, 6) is -11.2. The van der Waals surface area contributed by atoms with Crippen LogP contribution in [-0.4, -0.2) is 56.6 Å². The van der Waals surface area contributed by atoms with Crippen molar-refractivity contribution in [3.05, 3.63) is 29.3 Å². The first-order chi connectivity index (χ1) is 13.6. The second-order valence-electron chi connectivity index (χ2n) is 7.99. The fraction of sp³-hybridized carbons (Fsp3) is 0.450. The van der Waals surface area contributed by atoms with E-state index in [2.05, 4.69) is 0 Å². The maximum Gasteiger partial charge on any atom is 0.235 e. The fourth-order valence-electron chi connectivity index (χ4n) is 5.36. The lowest BCUT2D eigenvalue weighted by molar-refractivity contribution is -0.191. The van der Waals surface area contributed by atoms with E-state index in [-0.39, 0.29) is 12.2 Å². The summed E-state index contributed by atoms with van der Waals surface area (Å²) in [6, 6.07) is 4.52. The maximum atomic E-state index is 13.3. The van der Waals surface area contributed by atoms with Crippen molar-refractivity contribution < 1.29 is 39.3 Å². The first-order valence-corrected chi connectivity index (χ1v) is 9.21. The Morgan fingerprint density at radius 3 is 2.48 bits per heavy atom. The Morgan fingerprint density at radius 1 is 1.17 bits per heavy atom. The van der Waals surface area contributed by atoms with Crippen LogP contribution in [0.25, 0.3) is 0 Å². The number of phenols is 1. The number of primary amides is 1. The number of fused-ring (bicyclic) bond motifs is 3. The number of aromatic hydroxyl groups is 1. The minimum atomic E-state index is -2.76. The van der Waals surface area contributed by atoms with Gasteiger partial charge in [-0.15, -0.1) is 0 Å². The molecular weight excluding hydrogens is 382 g/mol. The van der Waals surface area contributed by atoms with E-state index in [1.807, 2.05) is 0 Å². The monoisotopic (exact) mass is 401 g/mol. The number of aliphatic hydroxyl groups excluding tert-OH is 1. The normalized spacial score (nSPS) is 38.6. The SMILES string of the molecule is NC(=O)C1C(=O)CC2C(O)C3C(Cc4c(O)cccc4C3C=O)C(=O)C2(O)C1=O. The maximum absolute atomic E-state index is 13.3. The number of benzene rings is 1. The van der Waals surface area contributed by atoms with Crippen molar-refractivity contribution in [3.63, 3.8) is 0 Å². The van der Waals surface area contributed by atoms with Crippen LogP contribution in [0, 0.1) is 23.7 Å². The lowest BCUT2D eigenvalue weighted by Gasteiger charge is -2.53. The summed E-state index contributed by atoms with van der Waals surface area (Å²) >= 11 is 0. The number of hydrogen-bond donors (Lipinski definition) is 4. The van der Waals surface area contributed by atoms with E-state index in [4.69, 9.17) is 5.73 Å². The van der Waals surface area contributed by atoms with Gasteiger partial charge in [-0.25, -0.2) is 0 Å². The van der Waals surface area contributed by atoms with Gasteiger partial charge in [-0.2, -0.15) is 0 Å². The standard InChI is InChI=1S/C20H19NO8/c21-19(28)15-13(24)5-11-16(25)14-9(17(26)20(11,29)18(15)27)4-8-7(10(14)6-22)2-1-3-12(8)23/h1-3,6,9-11,14-16,23,25,29H,4-5H2,(H2,21,28). The molecule has 7 unspecified atom stereocenters. The third-order valence-electron chi connectivity index (χ3n) is 6.72. The number of amides is 1. The van der Waals surface area contributed by atoms with Crippen LogP contribution in [0.15, 0.2) is 18.2 Å². The van der Waals surface area contributed by atoms with Crippen molar-refractivity contribution in [2.24, 2.45) is 29.4 Å². The van der Waals surface area contributed by atoms with Crippen molar-refractivity contribution in [1.82, 2.24) is 0 Å². The fourth-order valence-corrected chi connectivity index (χ4v) is 5.36. The van der Waals surface area contributed by atoms with Crippen molar-refractivity contribution in [3.8, 4) is 5.75 Å². The van der Waals surface area contributed by atoms with Crippen LogP contribution >= 0.6 is 0 Å². The molecule has 9 nitrogen and oxygen atoms in total. The first kappa shape index (κ1) is 19.4. The van der Waals surface area contributed by atoms with Crippen molar-refractivity contribution in [2.45, 2.75) is 30.5 Å². The van der Waals surface area contributed by atoms with E-state index < -0.39 is 71.0 Å². The summed E-state index contributed by atoms with van der Waals surface area (Å²) in [7, 11) is 0. The van der Waals surface area contributed by atoms with Crippen molar-refractivity contribution in [2.75, 3.05) is 0 Å². The summed E-state index contributed by atoms with van der Waals surface area (Å²) in [6.45, 7) is 0. The van der Waals surface area contributed by atoms with Gasteiger partial charge < -0.3 is 25.8 Å². The van der Waals surface area contributed by atoms with Gasteiger partial charge in [0, 0.05) is 30.1 Å². The van der Waals surface area contributed by atoms with Crippen LogP contribution in [0.2, 0.25) is 0 Å². The van der Waals surface area contributed by atoms with E-state index in [0.29, 0.717) is 17.4 Å². The number of Topliss-reactive ketones (excluding diaryl/α,β-unsaturated/α-hetero) is 3. The van der Waals surface area contributed by atoms with Crippen LogP contribution in [0.5, 0.6) is 5.75 Å². The molecule has 0 aliphatic heterocycles. The van der Waals surface area contributed by atoms with Crippen LogP contribution < -0.4 is 5.73 Å². The number of aliphatic hydroxyl groups is 2. The zero-order valence-electron chi connectivity index (χ0n) is 15.1. The van der Waals surface area contributed by atoms with Crippen LogP contribution in [0.1, 0.15) is 23.5 Å². The molecule has 2 saturated carbocycles. The molecule has 1 aromatic rings. The van der Waals surface area contributed by atoms with Gasteiger partial charge in [0.2, 0.25) is 5.91 Å². The number of rotatable bonds is 2. The highest BCUT2D eigenvalue weighted by Gasteiger charge is 2.68. The van der Waals surface area contributed by atoms with Crippen LogP contribution in [0.3, 0.4) is 0 Å². The number of hydrogen-bond acceptors (Lipinski definition) is 8. The third-order valence-corrected chi connectivity index (χ3v) is 6.72. The molecule has 1 aromatic carbocycles. The van der Waals surface area contributed by atoms with Gasteiger partial charge in [0.15, 0.2) is 28.9 Å². The third kappa shape index (κ3) is 2.37. The molecule has 3 aliphatic carbocycles. The Kier molecular flexibility index (Phi) is 4.21. The number of aldehydes is 1. The molecule has 0 aromatic heterocycles. The summed E-state index contributed by atoms with van der Waals surface area (Å²) in [5, 5.41) is 32.3. The summed E-state index contributed by atoms with van der Waals surface area (Å²) in [4.78, 5) is 61.9. The lowest BCUT2D eigenvalue weighted by atomic mass is 9.51. The topological polar surface area (TPSA) is 172 Å². The molecule has 5 N–H and O–H groups in total. The van der Waals surface area contributed by atoms with Gasteiger partial charge in [0.1, 0.15) is 12.0 Å². The molecule has 0 radical (unpaired) electrons. The second-order valence-corrected chi connectivity index (χ2v) is 7.99. The molecule has 4 rings (SSSR count). The molecule has 0 heterocycles. The quantitative estimate of drug-likeness (QED) is 0.339. The van der Waals surface area contributed by atoms with E-state index in [9.17, 15) is 39.3 Å². The molecule has 29 heavy (non-hydrogen) atoms. The molecular formula is C20H19NO8. The molecule has 2 fully saturated rings. The van der Waals surface area contributed by atoms with Gasteiger partial charge in [0.25, 0.3) is 0 Å². The van der Waals surface area contributed by atoms with E-state index in [1.54, 1.807) is 6.07 Å². The van der Waals surface area contributed by atoms with Gasteiger partial charge in [-0.3, -0.25) is 19.2 Å².